The standard InChI is InChI=1S/C11H20/c1-4-10-8-5-6-9(7-8)11(10,2)3/h8-10H,4-7H2,1-3H3/i2D2,3D2. The third kappa shape index (κ3) is 0.878. The smallest absolute Gasteiger partial charge is 0.0236 e. The molecule has 0 aromatic heterocycles. The zero-order chi connectivity index (χ0) is 11.2. The summed E-state index contributed by atoms with van der Waals surface area (Å²) in [5.41, 5.74) is -0.655. The van der Waals surface area contributed by atoms with Crippen LogP contribution in [0.15, 0.2) is 0 Å². The Morgan fingerprint density at radius 3 is 2.82 bits per heavy atom. The minimum absolute atomic E-state index is 0.274. The molecule has 2 aliphatic carbocycles. The molecule has 0 nitrogen and oxygen atoms in total. The molecule has 2 aliphatic rings. The van der Waals surface area contributed by atoms with E-state index < -0.39 is 19.2 Å². The van der Waals surface area contributed by atoms with Gasteiger partial charge in [0.1, 0.15) is 0 Å². The van der Waals surface area contributed by atoms with Crippen LogP contribution in [-0.2, 0) is 0 Å². The predicted octanol–water partition coefficient (Wildman–Crippen LogP) is 3.47. The third-order valence-corrected chi connectivity index (χ3v) is 3.83. The van der Waals surface area contributed by atoms with Crippen molar-refractivity contribution in [3.8, 4) is 0 Å². The second-order valence-corrected chi connectivity index (χ2v) is 4.28. The van der Waals surface area contributed by atoms with Crippen LogP contribution in [0.1, 0.15) is 51.8 Å². The summed E-state index contributed by atoms with van der Waals surface area (Å²) < 4.78 is 31.1. The van der Waals surface area contributed by atoms with E-state index >= 15 is 0 Å². The highest BCUT2D eigenvalue weighted by Crippen LogP contribution is 2.60. The molecule has 0 N–H and O–H groups in total. The molecule has 0 aliphatic heterocycles. The average molecular weight is 156 g/mol. The first-order valence-corrected chi connectivity index (χ1v) is 4.74. The van der Waals surface area contributed by atoms with E-state index in [0.29, 0.717) is 11.8 Å². The Bertz CT molecular complexity index is 231. The van der Waals surface area contributed by atoms with Gasteiger partial charge < -0.3 is 0 Å². The van der Waals surface area contributed by atoms with Crippen LogP contribution in [0.25, 0.3) is 0 Å². The second kappa shape index (κ2) is 2.24. The maximum atomic E-state index is 7.77. The van der Waals surface area contributed by atoms with Gasteiger partial charge in [-0.2, -0.15) is 0 Å². The predicted molar refractivity (Wildman–Crippen MR) is 48.4 cm³/mol. The van der Waals surface area contributed by atoms with Crippen LogP contribution in [0.5, 0.6) is 0 Å². The molecule has 3 atom stereocenters. The lowest BCUT2D eigenvalue weighted by molar-refractivity contribution is 0.119. The van der Waals surface area contributed by atoms with Crippen LogP contribution in [0.3, 0.4) is 0 Å². The van der Waals surface area contributed by atoms with Crippen molar-refractivity contribution in [2.45, 2.75) is 46.4 Å². The highest BCUT2D eigenvalue weighted by atomic mass is 14.6. The lowest BCUT2D eigenvalue weighted by atomic mass is 9.68. The number of hydrogen-bond donors (Lipinski definition) is 0. The molecule has 0 spiro atoms. The van der Waals surface area contributed by atoms with Crippen molar-refractivity contribution < 1.29 is 5.48 Å². The molecule has 0 radical (unpaired) electrons. The van der Waals surface area contributed by atoms with Crippen molar-refractivity contribution in [2.24, 2.45) is 23.2 Å². The van der Waals surface area contributed by atoms with Crippen LogP contribution in [0, 0.1) is 23.2 Å². The van der Waals surface area contributed by atoms with Gasteiger partial charge >= 0.3 is 0 Å². The summed E-state index contributed by atoms with van der Waals surface area (Å²) in [4.78, 5) is 0. The van der Waals surface area contributed by atoms with Gasteiger partial charge in [0.05, 0.1) is 0 Å². The Labute approximate surface area is 76.0 Å². The van der Waals surface area contributed by atoms with Gasteiger partial charge in [0.25, 0.3) is 0 Å². The Balaban J connectivity index is 2.37. The maximum Gasteiger partial charge on any atom is 0.0236 e. The Morgan fingerprint density at radius 1 is 1.45 bits per heavy atom. The summed E-state index contributed by atoms with van der Waals surface area (Å²) in [6, 6.07) is 0. The molecule has 3 unspecified atom stereocenters. The molecule has 0 amide bonds. The average Bonchev–Trinajstić information content (AvgIpc) is 2.73. The molecule has 2 bridgehead atoms. The molecule has 2 fully saturated rings. The summed E-state index contributed by atoms with van der Waals surface area (Å²) in [7, 11) is 0. The molecule has 2 rings (SSSR count). The normalized spacial score (nSPS) is 52.5. The van der Waals surface area contributed by atoms with Crippen LogP contribution < -0.4 is 0 Å². The van der Waals surface area contributed by atoms with Crippen LogP contribution in [-0.4, -0.2) is 0 Å². The van der Waals surface area contributed by atoms with Gasteiger partial charge in [-0.25, -0.2) is 0 Å². The molecule has 64 valence electrons. The third-order valence-electron chi connectivity index (χ3n) is 3.83. The number of fused-ring (bicyclic) bond motifs is 2. The zero-order valence-electron chi connectivity index (χ0n) is 11.2. The molecule has 0 heteroatoms. The topological polar surface area (TPSA) is 0 Å². The first-order valence-electron chi connectivity index (χ1n) is 7.05. The Hall–Kier alpha value is 0. The van der Waals surface area contributed by atoms with E-state index in [4.69, 9.17) is 5.48 Å². The van der Waals surface area contributed by atoms with Gasteiger partial charge in [0.2, 0.25) is 0 Å². The van der Waals surface area contributed by atoms with Gasteiger partial charge in [0, 0.05) is 5.48 Å². The van der Waals surface area contributed by atoms with Crippen LogP contribution in [0.2, 0.25) is 0 Å². The highest BCUT2D eigenvalue weighted by Gasteiger charge is 2.51. The number of rotatable bonds is 1. The van der Waals surface area contributed by atoms with Crippen molar-refractivity contribution >= 4 is 0 Å². The SMILES string of the molecule is [2H]C([2H])C1(C([2H])[2H])C2CCC(C2)C1CC. The molecule has 0 heterocycles. The first kappa shape index (κ1) is 4.30. The van der Waals surface area contributed by atoms with E-state index in [2.05, 4.69) is 6.92 Å². The van der Waals surface area contributed by atoms with E-state index in [1.54, 1.807) is 0 Å². The highest BCUT2D eigenvalue weighted by molar-refractivity contribution is 5.00. The fourth-order valence-electron chi connectivity index (χ4n) is 3.23. The fraction of sp³-hybridized carbons (Fsp3) is 1.00. The van der Waals surface area contributed by atoms with Crippen molar-refractivity contribution in [2.75, 3.05) is 0 Å². The molecular weight excluding hydrogens is 132 g/mol. The number of hydrogen-bond acceptors (Lipinski definition) is 0. The van der Waals surface area contributed by atoms with Crippen LogP contribution in [0.4, 0.5) is 0 Å². The van der Waals surface area contributed by atoms with Gasteiger partial charge in [-0.1, -0.05) is 27.1 Å². The summed E-state index contributed by atoms with van der Waals surface area (Å²) >= 11 is 0. The minimum atomic E-state index is -1.00. The second-order valence-electron chi connectivity index (χ2n) is 4.28. The van der Waals surface area contributed by atoms with Gasteiger partial charge in [-0.05, 0) is 42.4 Å². The molecule has 0 aromatic carbocycles. The van der Waals surface area contributed by atoms with Crippen molar-refractivity contribution in [3.05, 3.63) is 0 Å². The van der Waals surface area contributed by atoms with E-state index in [1.807, 2.05) is 0 Å². The lowest BCUT2D eigenvalue weighted by Gasteiger charge is -2.37. The molecular formula is C11H20. The monoisotopic (exact) mass is 156 g/mol. The van der Waals surface area contributed by atoms with Crippen LogP contribution >= 0.6 is 0 Å². The fourth-order valence-corrected chi connectivity index (χ4v) is 3.23. The molecule has 0 saturated heterocycles. The first-order chi connectivity index (χ1) is 7.05. The molecule has 0 aromatic rings. The van der Waals surface area contributed by atoms with E-state index in [0.717, 1.165) is 19.3 Å². The van der Waals surface area contributed by atoms with Crippen molar-refractivity contribution in [1.29, 1.82) is 0 Å². The summed E-state index contributed by atoms with van der Waals surface area (Å²) in [5, 5.41) is 0. The minimum Gasteiger partial charge on any atom is -0.0651 e. The maximum absolute atomic E-state index is 7.77. The molecule has 2 saturated carbocycles. The van der Waals surface area contributed by atoms with Gasteiger partial charge in [-0.15, -0.1) is 0 Å². The zero-order valence-corrected chi connectivity index (χ0v) is 7.22. The van der Waals surface area contributed by atoms with E-state index in [9.17, 15) is 0 Å². The van der Waals surface area contributed by atoms with Gasteiger partial charge in [-0.3, -0.25) is 0 Å². The molecule has 11 heavy (non-hydrogen) atoms. The van der Waals surface area contributed by atoms with E-state index in [-0.39, 0.29) is 5.92 Å². The Kier molecular flexibility index (Phi) is 0.876. The summed E-state index contributed by atoms with van der Waals surface area (Å²) in [5.74, 6) is 1.17. The van der Waals surface area contributed by atoms with E-state index in [1.165, 1.54) is 6.42 Å². The lowest BCUT2D eigenvalue weighted by Crippen LogP contribution is -2.29. The summed E-state index contributed by atoms with van der Waals surface area (Å²) in [6.07, 6.45) is 4.25. The largest absolute Gasteiger partial charge is 0.0651 e. The van der Waals surface area contributed by atoms with Crippen molar-refractivity contribution in [3.63, 3.8) is 0 Å². The van der Waals surface area contributed by atoms with Crippen molar-refractivity contribution in [1.82, 2.24) is 0 Å². The van der Waals surface area contributed by atoms with Gasteiger partial charge in [0.15, 0.2) is 0 Å². The summed E-state index contributed by atoms with van der Waals surface area (Å²) in [6.45, 7) is 0.0840. The Morgan fingerprint density at radius 2 is 2.27 bits per heavy atom. The quantitative estimate of drug-likeness (QED) is 0.545.